The minimum absolute atomic E-state index is 0.124. The van der Waals surface area contributed by atoms with Crippen molar-refractivity contribution in [2.75, 3.05) is 10.6 Å². The van der Waals surface area contributed by atoms with E-state index in [-0.39, 0.29) is 23.5 Å². The second kappa shape index (κ2) is 10.3. The average molecular weight is 600 g/mol. The number of benzene rings is 3. The molecule has 0 radical (unpaired) electrons. The lowest BCUT2D eigenvalue weighted by Crippen LogP contribution is -2.15. The first-order valence-electron chi connectivity index (χ1n) is 11.3. The molecule has 9 nitrogen and oxygen atoms in total. The summed E-state index contributed by atoms with van der Waals surface area (Å²) in [6.07, 6.45) is -4.78. The largest absolute Gasteiger partial charge is 0.439 e. The molecule has 0 aliphatic heterocycles. The monoisotopic (exact) mass is 599 g/mol. The van der Waals surface area contributed by atoms with Crippen molar-refractivity contribution in [1.29, 1.82) is 0 Å². The Morgan fingerprint density at radius 2 is 1.74 bits per heavy atom. The van der Waals surface area contributed by atoms with Crippen LogP contribution in [-0.2, 0) is 17.4 Å². The van der Waals surface area contributed by atoms with Crippen LogP contribution in [0.15, 0.2) is 80.5 Å². The summed E-state index contributed by atoms with van der Waals surface area (Å²) in [5.41, 5.74) is 1.11. The van der Waals surface area contributed by atoms with Crippen LogP contribution in [0.25, 0.3) is 22.3 Å². The number of para-hydroxylation sites is 1. The molecule has 0 aliphatic rings. The van der Waals surface area contributed by atoms with E-state index in [4.69, 9.17) is 0 Å². The smallest absolute Gasteiger partial charge is 0.349 e. The van der Waals surface area contributed by atoms with E-state index in [2.05, 4.69) is 46.2 Å². The standard InChI is InChI=1S/C26H17BrF3N5O4/c27-16-7-8-18(17(12-16)23-34-25(38)39-35-23)33-24(37)20-11-14-4-2-6-19(22(14)32-20)31-21(36)10-13-3-1-5-15(9-13)26(28,29)30/h1-9,11-12,32H,10H2,(H,31,36)(H,33,37)(H,34,35,38). The molecular weight excluding hydrogens is 583 g/mol. The Hall–Kier alpha value is -4.65. The number of anilines is 2. The van der Waals surface area contributed by atoms with E-state index in [0.29, 0.717) is 32.3 Å². The minimum Gasteiger partial charge on any atom is -0.349 e. The highest BCUT2D eigenvalue weighted by Crippen LogP contribution is 2.31. The molecule has 5 aromatic rings. The third kappa shape index (κ3) is 5.77. The van der Waals surface area contributed by atoms with Crippen LogP contribution in [0.1, 0.15) is 21.6 Å². The lowest BCUT2D eigenvalue weighted by atomic mass is 10.1. The molecule has 39 heavy (non-hydrogen) atoms. The summed E-state index contributed by atoms with van der Waals surface area (Å²) in [6.45, 7) is 0. The van der Waals surface area contributed by atoms with Gasteiger partial charge in [-0.05, 0) is 42.0 Å². The molecule has 0 fully saturated rings. The fourth-order valence-corrected chi connectivity index (χ4v) is 4.34. The molecule has 0 spiro atoms. The summed E-state index contributed by atoms with van der Waals surface area (Å²) in [6, 6.07) is 16.1. The summed E-state index contributed by atoms with van der Waals surface area (Å²) in [5, 5.41) is 9.74. The number of halogens is 4. The number of H-pyrrole nitrogens is 2. The fourth-order valence-electron chi connectivity index (χ4n) is 3.98. The van der Waals surface area contributed by atoms with Crippen LogP contribution in [0, 0.1) is 0 Å². The molecule has 2 aromatic heterocycles. The van der Waals surface area contributed by atoms with Gasteiger partial charge in [-0.1, -0.05) is 51.4 Å². The van der Waals surface area contributed by atoms with Crippen molar-refractivity contribution in [2.24, 2.45) is 0 Å². The van der Waals surface area contributed by atoms with Gasteiger partial charge in [0.1, 0.15) is 5.69 Å². The number of hydrogen-bond donors (Lipinski definition) is 4. The lowest BCUT2D eigenvalue weighted by Gasteiger charge is -2.10. The van der Waals surface area contributed by atoms with Gasteiger partial charge in [0.15, 0.2) is 5.82 Å². The zero-order valence-electron chi connectivity index (χ0n) is 19.7. The maximum Gasteiger partial charge on any atom is 0.439 e. The van der Waals surface area contributed by atoms with Gasteiger partial charge in [0.05, 0.1) is 28.9 Å². The van der Waals surface area contributed by atoms with Crippen molar-refractivity contribution in [2.45, 2.75) is 12.6 Å². The van der Waals surface area contributed by atoms with Crippen molar-refractivity contribution >= 4 is 50.0 Å². The zero-order chi connectivity index (χ0) is 27.7. The summed E-state index contributed by atoms with van der Waals surface area (Å²) >= 11 is 3.34. The first-order valence-corrected chi connectivity index (χ1v) is 12.1. The van der Waals surface area contributed by atoms with E-state index >= 15 is 0 Å². The Bertz CT molecular complexity index is 1770. The number of carbonyl (C=O) groups excluding carboxylic acids is 2. The molecule has 13 heteroatoms. The van der Waals surface area contributed by atoms with Crippen LogP contribution in [0.5, 0.6) is 0 Å². The lowest BCUT2D eigenvalue weighted by molar-refractivity contribution is -0.137. The van der Waals surface area contributed by atoms with Gasteiger partial charge in [-0.15, -0.1) is 0 Å². The van der Waals surface area contributed by atoms with Crippen LogP contribution >= 0.6 is 15.9 Å². The zero-order valence-corrected chi connectivity index (χ0v) is 21.2. The number of fused-ring (bicyclic) bond motifs is 1. The van der Waals surface area contributed by atoms with E-state index < -0.39 is 29.3 Å². The Labute approximate surface area is 225 Å². The van der Waals surface area contributed by atoms with E-state index in [1.807, 2.05) is 0 Å². The number of aromatic nitrogens is 3. The van der Waals surface area contributed by atoms with Crippen LogP contribution in [-0.4, -0.2) is 26.9 Å². The summed E-state index contributed by atoms with van der Waals surface area (Å²) < 4.78 is 44.2. The summed E-state index contributed by atoms with van der Waals surface area (Å²) in [5.74, 6) is -1.66. The first kappa shape index (κ1) is 26.0. The highest BCUT2D eigenvalue weighted by atomic mass is 79.9. The maximum atomic E-state index is 13.1. The normalized spacial score (nSPS) is 11.5. The van der Waals surface area contributed by atoms with Crippen molar-refractivity contribution in [3.63, 3.8) is 0 Å². The van der Waals surface area contributed by atoms with E-state index in [9.17, 15) is 27.6 Å². The molecule has 0 bridgehead atoms. The van der Waals surface area contributed by atoms with Crippen molar-refractivity contribution in [1.82, 2.24) is 15.1 Å². The Kier molecular flexibility index (Phi) is 6.83. The highest BCUT2D eigenvalue weighted by Gasteiger charge is 2.30. The highest BCUT2D eigenvalue weighted by molar-refractivity contribution is 9.10. The summed E-state index contributed by atoms with van der Waals surface area (Å²) in [4.78, 5) is 42.6. The second-order valence-electron chi connectivity index (χ2n) is 8.46. The average Bonchev–Trinajstić information content (AvgIpc) is 3.52. The number of alkyl halides is 3. The number of aromatic amines is 2. The molecule has 0 saturated heterocycles. The van der Waals surface area contributed by atoms with E-state index in [0.717, 1.165) is 12.1 Å². The van der Waals surface area contributed by atoms with Gasteiger partial charge in [0.25, 0.3) is 5.91 Å². The van der Waals surface area contributed by atoms with Gasteiger partial charge in [-0.3, -0.25) is 19.1 Å². The number of nitrogens with zero attached hydrogens (tertiary/aromatic N) is 1. The fraction of sp³-hybridized carbons (Fsp3) is 0.0769. The van der Waals surface area contributed by atoms with Gasteiger partial charge >= 0.3 is 11.9 Å². The van der Waals surface area contributed by atoms with Crippen molar-refractivity contribution in [3.05, 3.63) is 98.6 Å². The second-order valence-corrected chi connectivity index (χ2v) is 9.38. The van der Waals surface area contributed by atoms with Crippen molar-refractivity contribution in [3.8, 4) is 11.4 Å². The molecule has 2 amide bonds. The molecule has 4 N–H and O–H groups in total. The van der Waals surface area contributed by atoms with Crippen LogP contribution < -0.4 is 16.4 Å². The predicted octanol–water partition coefficient (Wildman–Crippen LogP) is 5.73. The first-order chi connectivity index (χ1) is 18.6. The SMILES string of the molecule is O=C(Cc1cccc(C(F)(F)F)c1)Nc1cccc2cc(C(=O)Nc3ccc(Br)cc3-c3noc(=O)[nH]3)[nH]c12. The van der Waals surface area contributed by atoms with E-state index in [1.165, 1.54) is 12.1 Å². The molecule has 3 aromatic carbocycles. The van der Waals surface area contributed by atoms with Gasteiger partial charge in [-0.25, -0.2) is 4.79 Å². The molecule has 198 valence electrons. The van der Waals surface area contributed by atoms with Crippen LogP contribution in [0.3, 0.4) is 0 Å². The minimum atomic E-state index is -4.51. The molecule has 0 unspecified atom stereocenters. The van der Waals surface area contributed by atoms with Gasteiger partial charge in [0, 0.05) is 15.4 Å². The van der Waals surface area contributed by atoms with Gasteiger partial charge < -0.3 is 15.6 Å². The quantitative estimate of drug-likeness (QED) is 0.198. The Morgan fingerprint density at radius 3 is 2.49 bits per heavy atom. The molecule has 0 saturated carbocycles. The Morgan fingerprint density at radius 1 is 0.949 bits per heavy atom. The number of amides is 2. The number of carbonyl (C=O) groups is 2. The Balaban J connectivity index is 1.36. The van der Waals surface area contributed by atoms with Crippen molar-refractivity contribution < 1.29 is 27.3 Å². The molecule has 0 atom stereocenters. The van der Waals surface area contributed by atoms with Crippen LogP contribution in [0.2, 0.25) is 0 Å². The third-order valence-electron chi connectivity index (χ3n) is 5.72. The maximum absolute atomic E-state index is 13.1. The number of rotatable bonds is 6. The van der Waals surface area contributed by atoms with Gasteiger partial charge in [0.2, 0.25) is 5.91 Å². The van der Waals surface area contributed by atoms with Gasteiger partial charge in [-0.2, -0.15) is 13.2 Å². The molecular formula is C26H17BrF3N5O4. The number of nitrogens with one attached hydrogen (secondary N) is 4. The molecule has 0 aliphatic carbocycles. The van der Waals surface area contributed by atoms with E-state index in [1.54, 1.807) is 42.5 Å². The number of hydrogen-bond acceptors (Lipinski definition) is 5. The topological polar surface area (TPSA) is 133 Å². The summed E-state index contributed by atoms with van der Waals surface area (Å²) in [7, 11) is 0. The predicted molar refractivity (Wildman–Crippen MR) is 140 cm³/mol. The third-order valence-corrected chi connectivity index (χ3v) is 6.21. The molecule has 2 heterocycles. The molecule has 5 rings (SSSR count). The van der Waals surface area contributed by atoms with Crippen LogP contribution in [0.4, 0.5) is 24.5 Å².